The van der Waals surface area contributed by atoms with E-state index in [0.29, 0.717) is 17.9 Å². The van der Waals surface area contributed by atoms with Gasteiger partial charge in [0, 0.05) is 31.1 Å². The summed E-state index contributed by atoms with van der Waals surface area (Å²) in [5.74, 6) is 0.0745. The maximum absolute atomic E-state index is 14.1. The lowest BCUT2D eigenvalue weighted by atomic mass is 10.0. The van der Waals surface area contributed by atoms with E-state index in [0.717, 1.165) is 12.8 Å². The fourth-order valence-electron chi connectivity index (χ4n) is 2.80. The second kappa shape index (κ2) is 5.57. The third-order valence-corrected chi connectivity index (χ3v) is 3.70. The maximum atomic E-state index is 14.1. The van der Waals surface area contributed by atoms with Gasteiger partial charge in [-0.25, -0.2) is 4.39 Å². The van der Waals surface area contributed by atoms with Gasteiger partial charge in [-0.05, 0) is 18.9 Å². The number of benzene rings is 1. The molecule has 19 heavy (non-hydrogen) atoms. The second-order valence-corrected chi connectivity index (χ2v) is 4.80. The van der Waals surface area contributed by atoms with Gasteiger partial charge in [0.2, 0.25) is 5.91 Å². The summed E-state index contributed by atoms with van der Waals surface area (Å²) in [6.07, 6.45) is 1.55. The van der Waals surface area contributed by atoms with Crippen molar-refractivity contribution in [3.05, 3.63) is 29.6 Å². The van der Waals surface area contributed by atoms with Gasteiger partial charge >= 0.3 is 0 Å². The van der Waals surface area contributed by atoms with Gasteiger partial charge in [-0.3, -0.25) is 4.79 Å². The maximum Gasteiger partial charge on any atom is 0.220 e. The summed E-state index contributed by atoms with van der Waals surface area (Å²) in [6, 6.07) is 4.53. The molecule has 0 bridgehead atoms. The van der Waals surface area contributed by atoms with Gasteiger partial charge in [-0.15, -0.1) is 0 Å². The average molecular weight is 266 g/mol. The number of carbonyl (C=O) groups excluding carboxylic acids is 1. The molecule has 1 saturated heterocycles. The Hall–Kier alpha value is -1.62. The van der Waals surface area contributed by atoms with Crippen LogP contribution < -0.4 is 10.5 Å². The number of carbonyl (C=O) groups is 1. The third-order valence-electron chi connectivity index (χ3n) is 3.70. The summed E-state index contributed by atoms with van der Waals surface area (Å²) in [5.41, 5.74) is 6.21. The SMILES string of the molecule is COc1ccc(C2CCC(CN)N2C(C)=O)c(F)c1. The minimum atomic E-state index is -0.340. The van der Waals surface area contributed by atoms with E-state index in [2.05, 4.69) is 0 Å². The van der Waals surface area contributed by atoms with E-state index in [4.69, 9.17) is 10.5 Å². The number of halogens is 1. The largest absolute Gasteiger partial charge is 0.497 e. The first kappa shape index (κ1) is 13.8. The molecule has 0 saturated carbocycles. The van der Waals surface area contributed by atoms with E-state index in [1.165, 1.54) is 20.1 Å². The smallest absolute Gasteiger partial charge is 0.220 e. The highest BCUT2D eigenvalue weighted by Gasteiger charge is 2.36. The Labute approximate surface area is 112 Å². The lowest BCUT2D eigenvalue weighted by molar-refractivity contribution is -0.131. The van der Waals surface area contributed by atoms with E-state index in [-0.39, 0.29) is 23.8 Å². The van der Waals surface area contributed by atoms with Crippen LogP contribution in [0.2, 0.25) is 0 Å². The minimum Gasteiger partial charge on any atom is -0.497 e. The normalized spacial score (nSPS) is 22.6. The molecule has 5 heteroatoms. The molecule has 0 spiro atoms. The number of likely N-dealkylation sites (tertiary alicyclic amines) is 1. The van der Waals surface area contributed by atoms with Crippen LogP contribution >= 0.6 is 0 Å². The van der Waals surface area contributed by atoms with Crippen molar-refractivity contribution in [2.24, 2.45) is 5.73 Å². The first-order chi connectivity index (χ1) is 9.08. The Bertz CT molecular complexity index is 479. The summed E-state index contributed by atoms with van der Waals surface area (Å²) in [7, 11) is 1.50. The molecule has 1 aromatic carbocycles. The van der Waals surface area contributed by atoms with Crippen LogP contribution in [0.1, 0.15) is 31.4 Å². The molecule has 0 aromatic heterocycles. The van der Waals surface area contributed by atoms with Crippen LogP contribution in [-0.2, 0) is 4.79 Å². The number of nitrogens with two attached hydrogens (primary N) is 1. The van der Waals surface area contributed by atoms with E-state index in [1.54, 1.807) is 17.0 Å². The molecular weight excluding hydrogens is 247 g/mol. The summed E-state index contributed by atoms with van der Waals surface area (Å²) < 4.78 is 19.1. The van der Waals surface area contributed by atoms with E-state index in [9.17, 15) is 9.18 Å². The van der Waals surface area contributed by atoms with Crippen LogP contribution in [0, 0.1) is 5.82 Å². The van der Waals surface area contributed by atoms with Crippen molar-refractivity contribution in [3.8, 4) is 5.75 Å². The molecule has 104 valence electrons. The van der Waals surface area contributed by atoms with Crippen molar-refractivity contribution in [1.29, 1.82) is 0 Å². The predicted octanol–water partition coefficient (Wildman–Crippen LogP) is 1.84. The molecule has 0 radical (unpaired) electrons. The zero-order valence-corrected chi connectivity index (χ0v) is 11.2. The van der Waals surface area contributed by atoms with Crippen molar-refractivity contribution in [1.82, 2.24) is 4.90 Å². The highest BCUT2D eigenvalue weighted by atomic mass is 19.1. The summed E-state index contributed by atoms with van der Waals surface area (Å²) in [5, 5.41) is 0. The fourth-order valence-corrected chi connectivity index (χ4v) is 2.80. The number of ether oxygens (including phenoxy) is 1. The molecule has 2 rings (SSSR count). The average Bonchev–Trinajstić information content (AvgIpc) is 2.82. The number of rotatable bonds is 3. The monoisotopic (exact) mass is 266 g/mol. The molecule has 1 aromatic rings. The van der Waals surface area contributed by atoms with E-state index in [1.807, 2.05) is 0 Å². The molecule has 4 nitrogen and oxygen atoms in total. The van der Waals surface area contributed by atoms with Crippen molar-refractivity contribution in [2.75, 3.05) is 13.7 Å². The molecule has 1 aliphatic rings. The first-order valence-electron chi connectivity index (χ1n) is 6.41. The van der Waals surface area contributed by atoms with Crippen molar-refractivity contribution >= 4 is 5.91 Å². The van der Waals surface area contributed by atoms with Gasteiger partial charge in [0.05, 0.1) is 13.2 Å². The molecule has 1 heterocycles. The zero-order valence-electron chi connectivity index (χ0n) is 11.2. The van der Waals surface area contributed by atoms with Gasteiger partial charge in [0.15, 0.2) is 0 Å². The summed E-state index contributed by atoms with van der Waals surface area (Å²) in [4.78, 5) is 13.5. The molecular formula is C14H19FN2O2. The number of methoxy groups -OCH3 is 1. The lowest BCUT2D eigenvalue weighted by Gasteiger charge is -2.29. The summed E-state index contributed by atoms with van der Waals surface area (Å²) >= 11 is 0. The second-order valence-electron chi connectivity index (χ2n) is 4.80. The highest BCUT2D eigenvalue weighted by Crippen LogP contribution is 2.37. The number of nitrogens with zero attached hydrogens (tertiary/aromatic N) is 1. The zero-order chi connectivity index (χ0) is 14.0. The molecule has 1 aliphatic heterocycles. The van der Waals surface area contributed by atoms with Gasteiger partial charge in [0.25, 0.3) is 0 Å². The molecule has 1 amide bonds. The quantitative estimate of drug-likeness (QED) is 0.908. The van der Waals surface area contributed by atoms with Crippen LogP contribution in [-0.4, -0.2) is 30.5 Å². The molecule has 2 N–H and O–H groups in total. The fraction of sp³-hybridized carbons (Fsp3) is 0.500. The van der Waals surface area contributed by atoms with Gasteiger partial charge in [-0.1, -0.05) is 6.07 Å². The Balaban J connectivity index is 2.33. The van der Waals surface area contributed by atoms with Crippen LogP contribution in [0.4, 0.5) is 4.39 Å². The van der Waals surface area contributed by atoms with Gasteiger partial charge in [-0.2, -0.15) is 0 Å². The van der Waals surface area contributed by atoms with E-state index >= 15 is 0 Å². The first-order valence-corrected chi connectivity index (χ1v) is 6.41. The highest BCUT2D eigenvalue weighted by molar-refractivity contribution is 5.74. The van der Waals surface area contributed by atoms with Crippen molar-refractivity contribution in [3.63, 3.8) is 0 Å². The Morgan fingerprint density at radius 2 is 2.26 bits per heavy atom. The van der Waals surface area contributed by atoms with Gasteiger partial charge < -0.3 is 15.4 Å². The molecule has 0 aliphatic carbocycles. The molecule has 2 atom stereocenters. The number of hydrogen-bond acceptors (Lipinski definition) is 3. The Morgan fingerprint density at radius 1 is 1.53 bits per heavy atom. The molecule has 2 unspecified atom stereocenters. The lowest BCUT2D eigenvalue weighted by Crippen LogP contribution is -2.40. The van der Waals surface area contributed by atoms with Gasteiger partial charge in [0.1, 0.15) is 11.6 Å². The topological polar surface area (TPSA) is 55.6 Å². The standard InChI is InChI=1S/C14H19FN2O2/c1-9(18)17-10(8-16)3-6-14(17)12-5-4-11(19-2)7-13(12)15/h4-5,7,10,14H,3,6,8,16H2,1-2H3. The number of amides is 1. The molecule has 1 fully saturated rings. The van der Waals surface area contributed by atoms with Crippen molar-refractivity contribution in [2.45, 2.75) is 31.8 Å². The summed E-state index contributed by atoms with van der Waals surface area (Å²) in [6.45, 7) is 1.91. The van der Waals surface area contributed by atoms with E-state index < -0.39 is 0 Å². The third kappa shape index (κ3) is 2.56. The number of hydrogen-bond donors (Lipinski definition) is 1. The van der Waals surface area contributed by atoms with Crippen LogP contribution in [0.3, 0.4) is 0 Å². The Kier molecular flexibility index (Phi) is 4.04. The van der Waals surface area contributed by atoms with Crippen LogP contribution in [0.25, 0.3) is 0 Å². The van der Waals surface area contributed by atoms with Crippen LogP contribution in [0.5, 0.6) is 5.75 Å². The Morgan fingerprint density at radius 3 is 2.79 bits per heavy atom. The van der Waals surface area contributed by atoms with Crippen molar-refractivity contribution < 1.29 is 13.9 Å². The minimum absolute atomic E-state index is 0.00371. The van der Waals surface area contributed by atoms with Crippen LogP contribution in [0.15, 0.2) is 18.2 Å². The predicted molar refractivity (Wildman–Crippen MR) is 70.3 cm³/mol.